The topological polar surface area (TPSA) is 104 Å². The molecule has 0 atom stereocenters. The van der Waals surface area contributed by atoms with Crippen molar-refractivity contribution in [3.8, 4) is 22.3 Å². The van der Waals surface area contributed by atoms with E-state index in [2.05, 4.69) is 14.8 Å². The molecule has 4 N–H and O–H groups in total. The van der Waals surface area contributed by atoms with Crippen molar-refractivity contribution in [2.75, 3.05) is 6.54 Å². The predicted octanol–water partition coefficient (Wildman–Crippen LogP) is 6.96. The standard InChI is InChI=1S/C14H12Cl2N2O2.C13H12Cl2N2/c15-12-3-1-2-11(14(12)16)10-6-9(7-18-8-10)4-5-13(19)20-17;14-12-3-1-2-11(13(12)15)10-6-9(4-5-16)7-17-8-10/h1-3,6-8H,4-5,17H2;1-3,6-8H,4-5,16H2. The van der Waals surface area contributed by atoms with Gasteiger partial charge in [-0.15, -0.1) is 0 Å². The van der Waals surface area contributed by atoms with Gasteiger partial charge in [-0.25, -0.2) is 0 Å². The van der Waals surface area contributed by atoms with Crippen LogP contribution in [0.3, 0.4) is 0 Å². The second-order valence-electron chi connectivity index (χ2n) is 7.90. The number of benzene rings is 2. The quantitative estimate of drug-likeness (QED) is 0.230. The summed E-state index contributed by atoms with van der Waals surface area (Å²) in [6.07, 6.45) is 8.47. The van der Waals surface area contributed by atoms with Gasteiger partial charge in [0, 0.05) is 47.0 Å². The molecule has 0 aliphatic heterocycles. The highest BCUT2D eigenvalue weighted by molar-refractivity contribution is 6.44. The molecule has 4 aromatic rings. The van der Waals surface area contributed by atoms with Gasteiger partial charge in [0.1, 0.15) is 0 Å². The number of nitrogens with two attached hydrogens (primary N) is 2. The van der Waals surface area contributed by atoms with E-state index in [4.69, 9.17) is 58.0 Å². The van der Waals surface area contributed by atoms with Crippen molar-refractivity contribution in [1.82, 2.24) is 9.97 Å². The minimum Gasteiger partial charge on any atom is -0.373 e. The molecule has 0 saturated heterocycles. The van der Waals surface area contributed by atoms with Crippen LogP contribution < -0.4 is 11.6 Å². The largest absolute Gasteiger partial charge is 0.373 e. The summed E-state index contributed by atoms with van der Waals surface area (Å²) in [7, 11) is 0. The van der Waals surface area contributed by atoms with Crippen LogP contribution in [0.5, 0.6) is 0 Å². The van der Waals surface area contributed by atoms with E-state index in [9.17, 15) is 4.79 Å². The number of pyridine rings is 2. The van der Waals surface area contributed by atoms with Gasteiger partial charge >= 0.3 is 5.97 Å². The Morgan fingerprint density at radius 1 is 0.757 bits per heavy atom. The average molecular weight is 578 g/mol. The van der Waals surface area contributed by atoms with Crippen LogP contribution in [0.4, 0.5) is 0 Å². The maximum Gasteiger partial charge on any atom is 0.324 e. The molecule has 0 radical (unpaired) electrons. The van der Waals surface area contributed by atoms with Crippen LogP contribution in [0.2, 0.25) is 20.1 Å². The molecule has 0 bridgehead atoms. The Morgan fingerprint density at radius 3 is 1.70 bits per heavy atom. The van der Waals surface area contributed by atoms with E-state index in [1.807, 2.05) is 42.6 Å². The van der Waals surface area contributed by atoms with Gasteiger partial charge < -0.3 is 10.6 Å². The monoisotopic (exact) mass is 576 g/mol. The fourth-order valence-corrected chi connectivity index (χ4v) is 4.29. The maximum absolute atomic E-state index is 11.0. The van der Waals surface area contributed by atoms with E-state index in [0.29, 0.717) is 33.1 Å². The van der Waals surface area contributed by atoms with Gasteiger partial charge in [0.15, 0.2) is 0 Å². The molecule has 6 nitrogen and oxygen atoms in total. The molecule has 2 aromatic heterocycles. The third-order valence-corrected chi connectivity index (χ3v) is 6.94. The smallest absolute Gasteiger partial charge is 0.324 e. The number of hydrogen-bond donors (Lipinski definition) is 2. The molecule has 2 aromatic carbocycles. The summed E-state index contributed by atoms with van der Waals surface area (Å²) in [5.41, 5.74) is 11.0. The number of carbonyl (C=O) groups excluding carboxylic acids is 1. The average Bonchev–Trinajstić information content (AvgIpc) is 2.91. The Bertz CT molecular complexity index is 1370. The second kappa shape index (κ2) is 14.3. The third-order valence-electron chi connectivity index (χ3n) is 5.30. The van der Waals surface area contributed by atoms with Crippen molar-refractivity contribution < 1.29 is 9.63 Å². The van der Waals surface area contributed by atoms with Crippen molar-refractivity contribution in [3.05, 3.63) is 105 Å². The number of carbonyl (C=O) groups is 1. The van der Waals surface area contributed by atoms with Crippen molar-refractivity contribution >= 4 is 52.4 Å². The Hall–Kier alpha value is -2.71. The Labute approximate surface area is 235 Å². The first-order valence-electron chi connectivity index (χ1n) is 11.2. The fourth-order valence-electron chi connectivity index (χ4n) is 3.47. The van der Waals surface area contributed by atoms with Crippen molar-refractivity contribution in [2.24, 2.45) is 11.6 Å². The number of aryl methyl sites for hydroxylation is 1. The highest BCUT2D eigenvalue weighted by atomic mass is 35.5. The van der Waals surface area contributed by atoms with Crippen LogP contribution >= 0.6 is 46.4 Å². The van der Waals surface area contributed by atoms with Gasteiger partial charge in [0.2, 0.25) is 0 Å². The van der Waals surface area contributed by atoms with Gasteiger partial charge in [-0.05, 0) is 54.8 Å². The number of aromatic nitrogens is 2. The molecule has 0 saturated carbocycles. The number of nitrogens with zero attached hydrogens (tertiary/aromatic N) is 2. The van der Waals surface area contributed by atoms with E-state index >= 15 is 0 Å². The van der Waals surface area contributed by atoms with Crippen LogP contribution in [0.1, 0.15) is 17.5 Å². The minimum absolute atomic E-state index is 0.199. The molecule has 0 aliphatic carbocycles. The SMILES string of the molecule is NCCc1cncc(-c2cccc(Cl)c2Cl)c1.NOC(=O)CCc1cncc(-c2cccc(Cl)c2Cl)c1. The van der Waals surface area contributed by atoms with Gasteiger partial charge in [-0.2, -0.15) is 5.90 Å². The highest BCUT2D eigenvalue weighted by Crippen LogP contribution is 2.34. The summed E-state index contributed by atoms with van der Waals surface area (Å²) < 4.78 is 0. The zero-order valence-electron chi connectivity index (χ0n) is 19.6. The Morgan fingerprint density at radius 2 is 1.24 bits per heavy atom. The molecule has 4 rings (SSSR count). The molecular formula is C27H24Cl4N4O2. The van der Waals surface area contributed by atoms with Crippen LogP contribution in [0.25, 0.3) is 22.3 Å². The Balaban J connectivity index is 0.000000208. The molecular weight excluding hydrogens is 554 g/mol. The molecule has 10 heteroatoms. The highest BCUT2D eigenvalue weighted by Gasteiger charge is 2.09. The zero-order valence-corrected chi connectivity index (χ0v) is 22.7. The normalized spacial score (nSPS) is 10.4. The van der Waals surface area contributed by atoms with E-state index in [0.717, 1.165) is 39.8 Å². The van der Waals surface area contributed by atoms with Crippen molar-refractivity contribution in [1.29, 1.82) is 0 Å². The first kappa shape index (κ1) is 28.9. The van der Waals surface area contributed by atoms with Crippen molar-refractivity contribution in [2.45, 2.75) is 19.3 Å². The first-order valence-corrected chi connectivity index (χ1v) is 12.7. The predicted molar refractivity (Wildman–Crippen MR) is 151 cm³/mol. The van der Waals surface area contributed by atoms with Crippen LogP contribution in [-0.2, 0) is 22.5 Å². The van der Waals surface area contributed by atoms with E-state index in [-0.39, 0.29) is 6.42 Å². The summed E-state index contributed by atoms with van der Waals surface area (Å²) in [5, 5.41) is 2.07. The summed E-state index contributed by atoms with van der Waals surface area (Å²) >= 11 is 24.3. The van der Waals surface area contributed by atoms with Crippen LogP contribution in [0, 0.1) is 0 Å². The third kappa shape index (κ3) is 8.14. The molecule has 0 fully saturated rings. The van der Waals surface area contributed by atoms with Gasteiger partial charge in [-0.1, -0.05) is 70.7 Å². The van der Waals surface area contributed by atoms with Gasteiger partial charge in [-0.3, -0.25) is 14.8 Å². The van der Waals surface area contributed by atoms with Gasteiger partial charge in [0.25, 0.3) is 0 Å². The molecule has 0 amide bonds. The van der Waals surface area contributed by atoms with Crippen molar-refractivity contribution in [3.63, 3.8) is 0 Å². The van der Waals surface area contributed by atoms with Crippen LogP contribution in [0.15, 0.2) is 73.3 Å². The van der Waals surface area contributed by atoms with E-state index in [1.165, 1.54) is 0 Å². The molecule has 192 valence electrons. The Kier molecular flexibility index (Phi) is 11.1. The molecule has 37 heavy (non-hydrogen) atoms. The summed E-state index contributed by atoms with van der Waals surface area (Å²) in [6.45, 7) is 0.606. The lowest BCUT2D eigenvalue weighted by Crippen LogP contribution is -2.10. The first-order chi connectivity index (χ1) is 17.8. The summed E-state index contributed by atoms with van der Waals surface area (Å²) in [4.78, 5) is 23.5. The zero-order chi connectivity index (χ0) is 26.8. The number of hydrogen-bond acceptors (Lipinski definition) is 6. The van der Waals surface area contributed by atoms with E-state index in [1.54, 1.807) is 30.7 Å². The molecule has 0 aliphatic rings. The van der Waals surface area contributed by atoms with Gasteiger partial charge in [0.05, 0.1) is 26.5 Å². The van der Waals surface area contributed by atoms with E-state index < -0.39 is 5.97 Å². The number of halogens is 4. The lowest BCUT2D eigenvalue weighted by molar-refractivity contribution is -0.144. The lowest BCUT2D eigenvalue weighted by Gasteiger charge is -2.07. The molecule has 0 unspecified atom stereocenters. The molecule has 2 heterocycles. The number of rotatable bonds is 7. The lowest BCUT2D eigenvalue weighted by atomic mass is 10.0. The fraction of sp³-hybridized carbons (Fsp3) is 0.148. The van der Waals surface area contributed by atoms with Crippen LogP contribution in [-0.4, -0.2) is 22.5 Å². The minimum atomic E-state index is -0.462. The second-order valence-corrected chi connectivity index (χ2v) is 9.47. The summed E-state index contributed by atoms with van der Waals surface area (Å²) in [5.74, 6) is 4.33. The maximum atomic E-state index is 11.0. The molecule has 0 spiro atoms. The summed E-state index contributed by atoms with van der Waals surface area (Å²) in [6, 6.07) is 14.9.